The fraction of sp³-hybridized carbons (Fsp3) is 0.133. The Balaban J connectivity index is 1.41. The van der Waals surface area contributed by atoms with E-state index in [0.717, 1.165) is 44.7 Å². The molecule has 9 heteroatoms. The van der Waals surface area contributed by atoms with Crippen LogP contribution in [-0.2, 0) is 4.79 Å². The number of fused-ring (bicyclic) bond motifs is 2. The average Bonchev–Trinajstić information content (AvgIpc) is 3.51. The molecule has 0 spiro atoms. The number of pyridine rings is 2. The van der Waals surface area contributed by atoms with E-state index in [1.54, 1.807) is 24.7 Å². The number of carbonyl (C=O) groups excluding carboxylic acids is 1. The van der Waals surface area contributed by atoms with E-state index in [4.69, 9.17) is 0 Å². The maximum Gasteiger partial charge on any atom is 0.229 e. The number of aromatic nitrogens is 5. The van der Waals surface area contributed by atoms with Gasteiger partial charge in [0.1, 0.15) is 17.3 Å². The molecule has 0 unspecified atom stereocenters. The number of rotatable bonds is 4. The molecule has 0 bridgehead atoms. The second-order valence-electron chi connectivity index (χ2n) is 10.5. The third-order valence-corrected chi connectivity index (χ3v) is 6.53. The minimum atomic E-state index is -0.534. The predicted molar refractivity (Wildman–Crippen MR) is 150 cm³/mol. The topological polar surface area (TPSA) is 120 Å². The Morgan fingerprint density at radius 2 is 1.79 bits per heavy atom. The number of hydrogen-bond donors (Lipinski definition) is 4. The van der Waals surface area contributed by atoms with Crippen molar-refractivity contribution in [3.63, 3.8) is 0 Å². The highest BCUT2D eigenvalue weighted by molar-refractivity contribution is 6.01. The number of benzene rings is 2. The van der Waals surface area contributed by atoms with E-state index >= 15 is 0 Å². The first-order chi connectivity index (χ1) is 18.7. The van der Waals surface area contributed by atoms with Crippen molar-refractivity contribution >= 4 is 33.4 Å². The Morgan fingerprint density at radius 1 is 0.949 bits per heavy atom. The number of carbonyl (C=O) groups is 1. The lowest BCUT2D eigenvalue weighted by atomic mass is 9.95. The number of aromatic hydroxyl groups is 1. The summed E-state index contributed by atoms with van der Waals surface area (Å²) in [5.41, 5.74) is 5.92. The molecular weight excluding hydrogens is 495 g/mol. The van der Waals surface area contributed by atoms with Gasteiger partial charge in [-0.3, -0.25) is 19.9 Å². The first kappa shape index (κ1) is 24.3. The number of nitrogens with zero attached hydrogens (tertiary/aromatic N) is 3. The van der Waals surface area contributed by atoms with Gasteiger partial charge in [0.05, 0.1) is 35.0 Å². The van der Waals surface area contributed by atoms with E-state index in [-0.39, 0.29) is 11.7 Å². The summed E-state index contributed by atoms with van der Waals surface area (Å²) in [6.45, 7) is 5.56. The van der Waals surface area contributed by atoms with Crippen molar-refractivity contribution < 1.29 is 14.3 Å². The van der Waals surface area contributed by atoms with E-state index < -0.39 is 11.2 Å². The molecule has 0 saturated carbocycles. The lowest BCUT2D eigenvalue weighted by Gasteiger charge is -2.17. The Morgan fingerprint density at radius 3 is 2.59 bits per heavy atom. The standard InChI is InChI=1S/C30H25FN6O2/c1-30(2,3)29(39)34-19-8-17(13-32-14-19)25-12-23-27(15-33-25)36-37-28(23)26-11-22-21(5-4-6-24(22)35-26)16-7-18(31)10-20(38)9-16/h4-15,35,38H,1-3H3,(H,34,39)(H,36,37). The van der Waals surface area contributed by atoms with Crippen LogP contribution in [0.1, 0.15) is 20.8 Å². The average molecular weight is 521 g/mol. The zero-order valence-corrected chi connectivity index (χ0v) is 21.5. The van der Waals surface area contributed by atoms with E-state index in [0.29, 0.717) is 22.6 Å². The molecule has 0 aliphatic rings. The third kappa shape index (κ3) is 4.59. The van der Waals surface area contributed by atoms with E-state index in [2.05, 4.69) is 30.5 Å². The molecule has 4 heterocycles. The Bertz CT molecular complexity index is 1860. The molecule has 6 rings (SSSR count). The number of anilines is 1. The summed E-state index contributed by atoms with van der Waals surface area (Å²) in [5.74, 6) is -0.742. The number of phenolic OH excluding ortho intramolecular Hbond substituents is 1. The van der Waals surface area contributed by atoms with Crippen molar-refractivity contribution in [1.82, 2.24) is 25.1 Å². The van der Waals surface area contributed by atoms with Gasteiger partial charge in [-0.15, -0.1) is 0 Å². The van der Waals surface area contributed by atoms with Gasteiger partial charge < -0.3 is 15.4 Å². The maximum absolute atomic E-state index is 14.0. The van der Waals surface area contributed by atoms with E-state index in [1.807, 2.05) is 57.2 Å². The van der Waals surface area contributed by atoms with Crippen molar-refractivity contribution in [3.05, 3.63) is 79.0 Å². The highest BCUT2D eigenvalue weighted by atomic mass is 19.1. The lowest BCUT2D eigenvalue weighted by Crippen LogP contribution is -2.27. The second-order valence-corrected chi connectivity index (χ2v) is 10.5. The number of aromatic amines is 2. The highest BCUT2D eigenvalue weighted by Crippen LogP contribution is 2.36. The van der Waals surface area contributed by atoms with Crippen molar-refractivity contribution in [2.24, 2.45) is 5.41 Å². The molecular formula is C30H25FN6O2. The van der Waals surface area contributed by atoms with Crippen LogP contribution in [0.4, 0.5) is 10.1 Å². The zero-order chi connectivity index (χ0) is 27.3. The van der Waals surface area contributed by atoms with Crippen molar-refractivity contribution in [1.29, 1.82) is 0 Å². The normalized spacial score (nSPS) is 11.8. The SMILES string of the molecule is CC(C)(C)C(=O)Nc1cncc(-c2cc3c(-c4cc5c(-c6cc(O)cc(F)c6)cccc5[nH]4)n[nH]c3cn2)c1. The predicted octanol–water partition coefficient (Wildman–Crippen LogP) is 6.66. The molecule has 4 aromatic heterocycles. The van der Waals surface area contributed by atoms with Crippen LogP contribution in [0.15, 0.2) is 73.2 Å². The molecule has 0 aliphatic heterocycles. The summed E-state index contributed by atoms with van der Waals surface area (Å²) in [6.07, 6.45) is 5.02. The van der Waals surface area contributed by atoms with E-state index in [1.165, 1.54) is 6.07 Å². The first-order valence-corrected chi connectivity index (χ1v) is 12.4. The summed E-state index contributed by atoms with van der Waals surface area (Å²) in [4.78, 5) is 24.7. The number of hydrogen-bond acceptors (Lipinski definition) is 5. The van der Waals surface area contributed by atoms with Crippen molar-refractivity contribution in [2.45, 2.75) is 20.8 Å². The molecule has 0 aliphatic carbocycles. The van der Waals surface area contributed by atoms with Gasteiger partial charge in [0.25, 0.3) is 0 Å². The van der Waals surface area contributed by atoms with Gasteiger partial charge in [-0.1, -0.05) is 32.9 Å². The third-order valence-electron chi connectivity index (χ3n) is 6.53. The highest BCUT2D eigenvalue weighted by Gasteiger charge is 2.21. The van der Waals surface area contributed by atoms with Crippen molar-refractivity contribution in [2.75, 3.05) is 5.32 Å². The second kappa shape index (κ2) is 9.05. The van der Waals surface area contributed by atoms with E-state index in [9.17, 15) is 14.3 Å². The van der Waals surface area contributed by atoms with Gasteiger partial charge in [0, 0.05) is 39.5 Å². The molecule has 6 aromatic rings. The zero-order valence-electron chi connectivity index (χ0n) is 21.5. The molecule has 0 atom stereocenters. The molecule has 0 fully saturated rings. The van der Waals surface area contributed by atoms with Crippen LogP contribution >= 0.6 is 0 Å². The summed E-state index contributed by atoms with van der Waals surface area (Å²) in [7, 11) is 0. The first-order valence-electron chi connectivity index (χ1n) is 12.4. The lowest BCUT2D eigenvalue weighted by molar-refractivity contribution is -0.123. The molecule has 0 saturated heterocycles. The number of nitrogens with one attached hydrogen (secondary N) is 3. The van der Waals surface area contributed by atoms with Gasteiger partial charge in [-0.25, -0.2) is 4.39 Å². The van der Waals surface area contributed by atoms with Gasteiger partial charge in [0.15, 0.2) is 0 Å². The quantitative estimate of drug-likeness (QED) is 0.207. The molecule has 39 heavy (non-hydrogen) atoms. The molecule has 0 radical (unpaired) electrons. The van der Waals surface area contributed by atoms with Gasteiger partial charge in [0.2, 0.25) is 5.91 Å². The van der Waals surface area contributed by atoms with Crippen LogP contribution in [0.25, 0.3) is 55.6 Å². The number of amides is 1. The Hall–Kier alpha value is -5.05. The van der Waals surface area contributed by atoms with Crippen LogP contribution in [0.5, 0.6) is 5.75 Å². The van der Waals surface area contributed by atoms with Crippen LogP contribution in [0, 0.1) is 11.2 Å². The van der Waals surface area contributed by atoms with Crippen molar-refractivity contribution in [3.8, 4) is 39.5 Å². The largest absolute Gasteiger partial charge is 0.508 e. The number of phenols is 1. The number of H-pyrrole nitrogens is 2. The van der Waals surface area contributed by atoms with Gasteiger partial charge in [-0.2, -0.15) is 5.10 Å². The number of halogens is 1. The molecule has 4 N–H and O–H groups in total. The van der Waals surface area contributed by atoms with Crippen LogP contribution in [0.3, 0.4) is 0 Å². The summed E-state index contributed by atoms with van der Waals surface area (Å²) in [6, 6.07) is 15.5. The summed E-state index contributed by atoms with van der Waals surface area (Å²) in [5, 5.41) is 22.1. The Kier molecular flexibility index (Phi) is 5.64. The summed E-state index contributed by atoms with van der Waals surface area (Å²) < 4.78 is 14.0. The maximum atomic E-state index is 14.0. The van der Waals surface area contributed by atoms with Gasteiger partial charge in [-0.05, 0) is 47.5 Å². The molecule has 194 valence electrons. The van der Waals surface area contributed by atoms with Crippen LogP contribution in [0.2, 0.25) is 0 Å². The Labute approximate surface area is 223 Å². The van der Waals surface area contributed by atoms with Crippen LogP contribution in [-0.4, -0.2) is 36.2 Å². The molecule has 2 aromatic carbocycles. The fourth-order valence-electron chi connectivity index (χ4n) is 4.51. The minimum absolute atomic E-state index is 0.103. The minimum Gasteiger partial charge on any atom is -0.508 e. The fourth-order valence-corrected chi connectivity index (χ4v) is 4.51. The summed E-state index contributed by atoms with van der Waals surface area (Å²) >= 11 is 0. The molecule has 8 nitrogen and oxygen atoms in total. The van der Waals surface area contributed by atoms with Gasteiger partial charge >= 0.3 is 0 Å². The molecule has 1 amide bonds. The monoisotopic (exact) mass is 520 g/mol. The van der Waals surface area contributed by atoms with Crippen LogP contribution < -0.4 is 5.32 Å². The smallest absolute Gasteiger partial charge is 0.229 e.